The molecule has 0 saturated heterocycles. The number of halogens is 1. The van der Waals surface area contributed by atoms with E-state index in [0.29, 0.717) is 28.4 Å². The van der Waals surface area contributed by atoms with Crippen molar-refractivity contribution in [3.8, 4) is 0 Å². The maximum Gasteiger partial charge on any atom is 0.269 e. The highest BCUT2D eigenvalue weighted by Gasteiger charge is 2.23. The molecule has 7 nitrogen and oxygen atoms in total. The SMILES string of the molecule is Cc1nn(Cc2ccccc2)c(C)c1C(=O)N(C)Cc1cc([N+](=O)[O-])ccc1Cl. The van der Waals surface area contributed by atoms with Gasteiger partial charge < -0.3 is 4.90 Å². The zero-order valence-electron chi connectivity index (χ0n) is 16.4. The van der Waals surface area contributed by atoms with Crippen LogP contribution in [0.15, 0.2) is 48.5 Å². The predicted octanol–water partition coefficient (Wildman–Crippen LogP) is 4.38. The van der Waals surface area contributed by atoms with Crippen molar-refractivity contribution >= 4 is 23.2 Å². The fraction of sp³-hybridized carbons (Fsp3) is 0.238. The van der Waals surface area contributed by atoms with Gasteiger partial charge in [-0.15, -0.1) is 0 Å². The summed E-state index contributed by atoms with van der Waals surface area (Å²) in [5.41, 5.74) is 3.49. The summed E-state index contributed by atoms with van der Waals surface area (Å²) in [7, 11) is 1.64. The first-order chi connectivity index (χ1) is 13.8. The monoisotopic (exact) mass is 412 g/mol. The zero-order valence-corrected chi connectivity index (χ0v) is 17.2. The van der Waals surface area contributed by atoms with Gasteiger partial charge in [0.15, 0.2) is 0 Å². The highest BCUT2D eigenvalue weighted by molar-refractivity contribution is 6.31. The van der Waals surface area contributed by atoms with Crippen LogP contribution in [-0.4, -0.2) is 32.6 Å². The number of hydrogen-bond acceptors (Lipinski definition) is 4. The van der Waals surface area contributed by atoms with Crippen LogP contribution < -0.4 is 0 Å². The Bertz CT molecular complexity index is 1060. The van der Waals surface area contributed by atoms with Crippen molar-refractivity contribution in [1.29, 1.82) is 0 Å². The maximum atomic E-state index is 13.1. The molecule has 3 aromatic rings. The Labute approximate surface area is 173 Å². The lowest BCUT2D eigenvalue weighted by Gasteiger charge is -2.18. The van der Waals surface area contributed by atoms with Crippen molar-refractivity contribution in [3.05, 3.63) is 91.7 Å². The molecule has 0 atom stereocenters. The Kier molecular flexibility index (Phi) is 5.98. The van der Waals surface area contributed by atoms with Gasteiger partial charge in [-0.1, -0.05) is 41.9 Å². The fourth-order valence-corrected chi connectivity index (χ4v) is 3.41. The van der Waals surface area contributed by atoms with Crippen LogP contribution in [0.5, 0.6) is 0 Å². The second-order valence-corrected chi connectivity index (χ2v) is 7.29. The van der Waals surface area contributed by atoms with Crippen molar-refractivity contribution in [2.75, 3.05) is 7.05 Å². The van der Waals surface area contributed by atoms with Crippen LogP contribution in [0.2, 0.25) is 5.02 Å². The Morgan fingerprint density at radius 2 is 1.90 bits per heavy atom. The molecule has 0 saturated carbocycles. The molecule has 1 amide bonds. The molecule has 8 heteroatoms. The number of benzene rings is 2. The summed E-state index contributed by atoms with van der Waals surface area (Å²) in [5, 5.41) is 15.9. The molecule has 2 aromatic carbocycles. The van der Waals surface area contributed by atoms with Crippen molar-refractivity contribution < 1.29 is 9.72 Å². The minimum atomic E-state index is -0.483. The maximum absolute atomic E-state index is 13.1. The number of aryl methyl sites for hydroxylation is 1. The lowest BCUT2D eigenvalue weighted by molar-refractivity contribution is -0.384. The third-order valence-electron chi connectivity index (χ3n) is 4.76. The summed E-state index contributed by atoms with van der Waals surface area (Å²) in [6, 6.07) is 14.1. The highest BCUT2D eigenvalue weighted by Crippen LogP contribution is 2.24. The van der Waals surface area contributed by atoms with E-state index in [1.54, 1.807) is 14.0 Å². The molecule has 1 aromatic heterocycles. The van der Waals surface area contributed by atoms with Gasteiger partial charge in [0.1, 0.15) is 0 Å². The van der Waals surface area contributed by atoms with Crippen LogP contribution in [0.25, 0.3) is 0 Å². The van der Waals surface area contributed by atoms with E-state index in [1.165, 1.54) is 23.1 Å². The van der Waals surface area contributed by atoms with Crippen LogP contribution in [-0.2, 0) is 13.1 Å². The number of nitro groups is 1. The molecule has 29 heavy (non-hydrogen) atoms. The number of nitrogens with zero attached hydrogens (tertiary/aromatic N) is 4. The van der Waals surface area contributed by atoms with Crippen LogP contribution in [0, 0.1) is 24.0 Å². The topological polar surface area (TPSA) is 81.3 Å². The van der Waals surface area contributed by atoms with Crippen molar-refractivity contribution in [1.82, 2.24) is 14.7 Å². The fourth-order valence-electron chi connectivity index (χ4n) is 3.23. The number of carbonyl (C=O) groups excluding carboxylic acids is 1. The number of hydrogen-bond donors (Lipinski definition) is 0. The van der Waals surface area contributed by atoms with Gasteiger partial charge in [0.05, 0.1) is 22.7 Å². The Morgan fingerprint density at radius 3 is 2.55 bits per heavy atom. The first kappa shape index (κ1) is 20.5. The van der Waals surface area contributed by atoms with Crippen LogP contribution in [0.3, 0.4) is 0 Å². The minimum Gasteiger partial charge on any atom is -0.337 e. The van der Waals surface area contributed by atoms with Crippen LogP contribution in [0.1, 0.15) is 32.9 Å². The Balaban J connectivity index is 1.83. The predicted molar refractivity (Wildman–Crippen MR) is 111 cm³/mol. The van der Waals surface area contributed by atoms with Crippen LogP contribution >= 0.6 is 11.6 Å². The third-order valence-corrected chi connectivity index (χ3v) is 5.13. The van der Waals surface area contributed by atoms with Crippen molar-refractivity contribution in [2.45, 2.75) is 26.9 Å². The van der Waals surface area contributed by atoms with Gasteiger partial charge in [-0.3, -0.25) is 19.6 Å². The molecule has 3 rings (SSSR count). The summed E-state index contributed by atoms with van der Waals surface area (Å²) in [6.45, 7) is 4.39. The van der Waals surface area contributed by atoms with Gasteiger partial charge in [-0.2, -0.15) is 5.10 Å². The second-order valence-electron chi connectivity index (χ2n) is 6.88. The van der Waals surface area contributed by atoms with E-state index in [9.17, 15) is 14.9 Å². The minimum absolute atomic E-state index is 0.0618. The summed E-state index contributed by atoms with van der Waals surface area (Å²) >= 11 is 6.18. The average Bonchev–Trinajstić information content (AvgIpc) is 2.96. The van der Waals surface area contributed by atoms with E-state index in [4.69, 9.17) is 11.6 Å². The van der Waals surface area contributed by atoms with Gasteiger partial charge >= 0.3 is 0 Å². The summed E-state index contributed by atoms with van der Waals surface area (Å²) < 4.78 is 1.81. The Morgan fingerprint density at radius 1 is 1.21 bits per heavy atom. The number of carbonyl (C=O) groups is 1. The number of rotatable bonds is 6. The quantitative estimate of drug-likeness (QED) is 0.444. The molecular formula is C21H21ClN4O3. The smallest absolute Gasteiger partial charge is 0.269 e. The first-order valence-electron chi connectivity index (χ1n) is 9.04. The normalized spacial score (nSPS) is 10.8. The van der Waals surface area contributed by atoms with Gasteiger partial charge in [0, 0.05) is 36.4 Å². The van der Waals surface area contributed by atoms with E-state index in [1.807, 2.05) is 41.9 Å². The number of nitro benzene ring substituents is 1. The van der Waals surface area contributed by atoms with E-state index in [-0.39, 0.29) is 18.1 Å². The van der Waals surface area contributed by atoms with E-state index in [0.717, 1.165) is 11.3 Å². The molecule has 0 N–H and O–H groups in total. The lowest BCUT2D eigenvalue weighted by Crippen LogP contribution is -2.27. The van der Waals surface area contributed by atoms with E-state index >= 15 is 0 Å². The van der Waals surface area contributed by atoms with Gasteiger partial charge in [-0.25, -0.2) is 0 Å². The molecule has 150 valence electrons. The van der Waals surface area contributed by atoms with Crippen LogP contribution in [0.4, 0.5) is 5.69 Å². The molecule has 0 unspecified atom stereocenters. The molecule has 0 fully saturated rings. The summed E-state index contributed by atoms with van der Waals surface area (Å²) in [4.78, 5) is 25.1. The zero-order chi connectivity index (χ0) is 21.1. The lowest BCUT2D eigenvalue weighted by atomic mass is 10.1. The molecular weight excluding hydrogens is 392 g/mol. The van der Waals surface area contributed by atoms with Crippen molar-refractivity contribution in [3.63, 3.8) is 0 Å². The molecule has 1 heterocycles. The summed E-state index contributed by atoms with van der Waals surface area (Å²) in [5.74, 6) is -0.207. The first-order valence-corrected chi connectivity index (χ1v) is 9.42. The second kappa shape index (κ2) is 8.45. The third kappa shape index (κ3) is 4.46. The van der Waals surface area contributed by atoms with Gasteiger partial charge in [0.2, 0.25) is 0 Å². The van der Waals surface area contributed by atoms with Gasteiger partial charge in [0.25, 0.3) is 11.6 Å². The molecule has 0 radical (unpaired) electrons. The van der Waals surface area contributed by atoms with Crippen molar-refractivity contribution in [2.24, 2.45) is 0 Å². The molecule has 0 bridgehead atoms. The standard InChI is InChI=1S/C21H21ClN4O3/c1-14-20(15(2)25(23-14)12-16-7-5-4-6-8-16)21(27)24(3)13-17-11-18(26(28)29)9-10-19(17)22/h4-11H,12-13H2,1-3H3. The molecule has 0 aliphatic rings. The molecule has 0 aliphatic carbocycles. The highest BCUT2D eigenvalue weighted by atomic mass is 35.5. The number of amides is 1. The number of aromatic nitrogens is 2. The largest absolute Gasteiger partial charge is 0.337 e. The molecule has 0 aliphatic heterocycles. The average molecular weight is 413 g/mol. The molecule has 0 spiro atoms. The number of non-ortho nitro benzene ring substituents is 1. The summed E-state index contributed by atoms with van der Waals surface area (Å²) in [6.07, 6.45) is 0. The van der Waals surface area contributed by atoms with E-state index < -0.39 is 4.92 Å². The Hall–Kier alpha value is -3.19. The van der Waals surface area contributed by atoms with E-state index in [2.05, 4.69) is 5.10 Å². The van der Waals surface area contributed by atoms with Gasteiger partial charge in [-0.05, 0) is 31.0 Å².